The van der Waals surface area contributed by atoms with Gasteiger partial charge in [0, 0.05) is 12.3 Å². The minimum Gasteiger partial charge on any atom is -0.394 e. The lowest BCUT2D eigenvalue weighted by atomic mass is 9.44. The Bertz CT molecular complexity index is 2140. The lowest BCUT2D eigenvalue weighted by molar-refractivity contribution is -0.404. The Balaban J connectivity index is 0.759. The van der Waals surface area contributed by atoms with E-state index in [2.05, 4.69) is 20.8 Å². The van der Waals surface area contributed by atoms with E-state index in [1.807, 2.05) is 6.92 Å². The highest BCUT2D eigenvalue weighted by Crippen LogP contribution is 2.71. The van der Waals surface area contributed by atoms with E-state index in [1.165, 1.54) is 0 Å². The van der Waals surface area contributed by atoms with Crippen LogP contribution in [0, 0.1) is 52.3 Å². The molecule has 0 aromatic carbocycles. The maximum atomic E-state index is 12.1. The van der Waals surface area contributed by atoms with Crippen LogP contribution < -0.4 is 0 Å². The first-order valence-corrected chi connectivity index (χ1v) is 30.3. The molecule has 36 atom stereocenters. The molecule has 4 saturated carbocycles. The second kappa shape index (κ2) is 26.2. The summed E-state index contributed by atoms with van der Waals surface area (Å²) in [4.78, 5) is 0. The Kier molecular flexibility index (Phi) is 20.6. The van der Waals surface area contributed by atoms with E-state index in [9.17, 15) is 86.8 Å². The molecule has 486 valence electrons. The minimum absolute atomic E-state index is 0.0288. The van der Waals surface area contributed by atoms with Crippen LogP contribution in [-0.2, 0) is 52.1 Å². The Morgan fingerprint density at radius 2 is 1.06 bits per heavy atom. The fraction of sp³-hybridized carbons (Fsp3) is 1.00. The molecule has 0 spiro atoms. The Hall–Kier alpha value is -1.12. The highest BCUT2D eigenvalue weighted by molar-refractivity contribution is 5.15. The van der Waals surface area contributed by atoms with Crippen molar-refractivity contribution < 1.29 is 139 Å². The molecule has 0 radical (unpaired) electrons. The molecule has 0 amide bonds. The van der Waals surface area contributed by atoms with Crippen molar-refractivity contribution in [1.29, 1.82) is 0 Å². The molecule has 10 rings (SSSR count). The molecule has 84 heavy (non-hydrogen) atoms. The second-order valence-corrected chi connectivity index (χ2v) is 26.6. The average molecular weight is 1220 g/mol. The molecule has 17 N–H and O–H groups in total. The van der Waals surface area contributed by atoms with Gasteiger partial charge in [-0.05, 0) is 104 Å². The van der Waals surface area contributed by atoms with Crippen molar-refractivity contribution in [2.24, 2.45) is 52.3 Å². The first-order chi connectivity index (χ1) is 39.8. The molecule has 28 nitrogen and oxygen atoms in total. The molecule has 4 aliphatic carbocycles. The van der Waals surface area contributed by atoms with Gasteiger partial charge in [0.15, 0.2) is 37.2 Å². The fourth-order valence-electron chi connectivity index (χ4n) is 16.8. The van der Waals surface area contributed by atoms with Crippen LogP contribution >= 0.6 is 0 Å². The van der Waals surface area contributed by atoms with Crippen molar-refractivity contribution in [3.63, 3.8) is 0 Å². The van der Waals surface area contributed by atoms with Gasteiger partial charge >= 0.3 is 0 Å². The summed E-state index contributed by atoms with van der Waals surface area (Å²) in [6.45, 7) is 5.31. The van der Waals surface area contributed by atoms with Crippen LogP contribution in [0.3, 0.4) is 0 Å². The normalized spacial score (nSPS) is 55.4. The summed E-state index contributed by atoms with van der Waals surface area (Å²) in [6.07, 6.45) is -33.1. The first kappa shape index (κ1) is 65.8. The van der Waals surface area contributed by atoms with Crippen LogP contribution in [0.5, 0.6) is 0 Å². The number of ether oxygens (including phenoxy) is 11. The summed E-state index contributed by atoms with van der Waals surface area (Å²) in [5.41, 5.74) is -0.0852. The Morgan fingerprint density at radius 3 is 1.73 bits per heavy atom. The molecule has 0 aromatic rings. The summed E-state index contributed by atoms with van der Waals surface area (Å²) < 4.78 is 65.9. The molecule has 0 unspecified atom stereocenters. The van der Waals surface area contributed by atoms with Crippen LogP contribution in [0.4, 0.5) is 0 Å². The van der Waals surface area contributed by atoms with Gasteiger partial charge in [0.1, 0.15) is 116 Å². The standard InChI is InChI=1S/C56H94O28/c1-21(19-74-49-43(70)39(66)36(63)30(15-57)77-49)7-12-56(73)22(2)34-29(84-56)14-27-25-6-5-23-13-24(8-10-54(23,3)26(25)9-11-55(27,34)4)76-51-45(72)41(68)46(33(18-60)80-51)81-53-48(83-52-44(71)40(67)37(64)31(16-58)78-52)47(38(65)32(17-59)79-53)82-50-42(69)35(62)28(61)20-75-50/h21-53,57-73H,5-20H2,1-4H3/t21-,22+,23+,24+,25-,26+,27+,28-,29+,30-,31-,32-,33-,34+,35+,36-,37+,38-,39+,40+,41-,42-,43-,44-,45-,46+,47+,48-,49-,50+,51-,52+,53+,54+,55+,56-/m1/s1. The highest BCUT2D eigenvalue weighted by Gasteiger charge is 2.69. The smallest absolute Gasteiger partial charge is 0.187 e. The van der Waals surface area contributed by atoms with Gasteiger partial charge < -0.3 is 139 Å². The molecule has 6 saturated heterocycles. The third-order valence-electron chi connectivity index (χ3n) is 21.8. The number of hydrogen-bond donors (Lipinski definition) is 17. The molecular formula is C56H94O28. The van der Waals surface area contributed by atoms with Gasteiger partial charge in [0.2, 0.25) is 0 Å². The van der Waals surface area contributed by atoms with Crippen LogP contribution in [0.15, 0.2) is 0 Å². The summed E-state index contributed by atoms with van der Waals surface area (Å²) in [5.74, 6) is 0.0903. The van der Waals surface area contributed by atoms with E-state index < -0.39 is 192 Å². The Morgan fingerprint density at radius 1 is 0.512 bits per heavy atom. The third-order valence-corrected chi connectivity index (χ3v) is 21.8. The first-order valence-electron chi connectivity index (χ1n) is 30.3. The van der Waals surface area contributed by atoms with Crippen molar-refractivity contribution in [1.82, 2.24) is 0 Å². The van der Waals surface area contributed by atoms with Gasteiger partial charge in [0.25, 0.3) is 0 Å². The summed E-state index contributed by atoms with van der Waals surface area (Å²) >= 11 is 0. The largest absolute Gasteiger partial charge is 0.394 e. The van der Waals surface area contributed by atoms with Crippen molar-refractivity contribution in [3.05, 3.63) is 0 Å². The predicted octanol–water partition coefficient (Wildman–Crippen LogP) is -5.49. The van der Waals surface area contributed by atoms with E-state index in [0.717, 1.165) is 38.5 Å². The van der Waals surface area contributed by atoms with E-state index in [4.69, 9.17) is 52.1 Å². The van der Waals surface area contributed by atoms with E-state index in [1.54, 1.807) is 0 Å². The molecule has 28 heteroatoms. The third kappa shape index (κ3) is 12.1. The van der Waals surface area contributed by atoms with Crippen LogP contribution in [0.25, 0.3) is 0 Å². The monoisotopic (exact) mass is 1210 g/mol. The topological polar surface area (TPSA) is 445 Å². The lowest BCUT2D eigenvalue weighted by Gasteiger charge is -2.61. The van der Waals surface area contributed by atoms with E-state index in [-0.39, 0.29) is 47.2 Å². The number of aliphatic hydroxyl groups is 17. The fourth-order valence-corrected chi connectivity index (χ4v) is 16.8. The zero-order valence-corrected chi connectivity index (χ0v) is 48.0. The van der Waals surface area contributed by atoms with Crippen LogP contribution in [-0.4, -0.2) is 292 Å². The van der Waals surface area contributed by atoms with Crippen molar-refractivity contribution in [3.8, 4) is 0 Å². The highest BCUT2D eigenvalue weighted by atomic mass is 16.8. The number of rotatable bonds is 18. The molecule has 10 aliphatic rings. The second-order valence-electron chi connectivity index (χ2n) is 26.6. The van der Waals surface area contributed by atoms with Gasteiger partial charge in [-0.3, -0.25) is 0 Å². The minimum atomic E-state index is -2.02. The molecule has 10 fully saturated rings. The van der Waals surface area contributed by atoms with E-state index in [0.29, 0.717) is 43.4 Å². The van der Waals surface area contributed by atoms with Crippen molar-refractivity contribution >= 4 is 0 Å². The molecular weight excluding hydrogens is 1120 g/mol. The molecule has 0 bridgehead atoms. The summed E-state index contributed by atoms with van der Waals surface area (Å²) in [7, 11) is 0. The van der Waals surface area contributed by atoms with E-state index >= 15 is 0 Å². The number of hydrogen-bond acceptors (Lipinski definition) is 28. The maximum absolute atomic E-state index is 12.1. The van der Waals surface area contributed by atoms with Gasteiger partial charge in [0.05, 0.1) is 51.8 Å². The zero-order chi connectivity index (χ0) is 60.6. The quantitative estimate of drug-likeness (QED) is 0.0569. The van der Waals surface area contributed by atoms with Crippen LogP contribution in [0.1, 0.15) is 91.9 Å². The zero-order valence-electron chi connectivity index (χ0n) is 48.0. The molecule has 0 aromatic heterocycles. The summed E-state index contributed by atoms with van der Waals surface area (Å²) in [6, 6.07) is 0. The number of fused-ring (bicyclic) bond motifs is 7. The van der Waals surface area contributed by atoms with Crippen molar-refractivity contribution in [2.75, 3.05) is 39.6 Å². The molecule has 6 aliphatic heterocycles. The van der Waals surface area contributed by atoms with Gasteiger partial charge in [-0.2, -0.15) is 0 Å². The van der Waals surface area contributed by atoms with Crippen LogP contribution in [0.2, 0.25) is 0 Å². The predicted molar refractivity (Wildman–Crippen MR) is 278 cm³/mol. The van der Waals surface area contributed by atoms with Gasteiger partial charge in [-0.25, -0.2) is 0 Å². The number of aliphatic hydroxyl groups excluding tert-OH is 16. The van der Waals surface area contributed by atoms with Gasteiger partial charge in [-0.15, -0.1) is 0 Å². The molecule has 6 heterocycles. The lowest BCUT2D eigenvalue weighted by Crippen LogP contribution is -2.68. The Labute approximate surface area is 487 Å². The van der Waals surface area contributed by atoms with Crippen molar-refractivity contribution in [2.45, 2.75) is 257 Å². The maximum Gasteiger partial charge on any atom is 0.187 e. The average Bonchev–Trinajstić information content (AvgIpc) is 2.08. The SMILES string of the molecule is C[C@H](CC[C@@]1(O)O[C@H]2C[C@H]3[C@@H]4CC[C@H]5C[C@@H](O[C@@H]6O[C@H](CO)[C@H](O[C@@H]7O[C@H](CO)[C@@H](O)[C@H](O[C@@H]8OC[C@@H](O)[C@H](O)[C@H]8O)[C@H]7O[C@@H]7O[C@H](CO)[C@H](O)[C@H](O)[C@H]7O)[C@H](O)[C@H]6O)CC[C@]5(C)[C@H]4CC[C@]3(C)[C@H]2[C@@H]1C)CO[C@@H]1O[C@H](CO)[C@@H](O)[C@H](O)[C@H]1O. The van der Waals surface area contributed by atoms with Gasteiger partial charge in [-0.1, -0.05) is 27.7 Å². The summed E-state index contributed by atoms with van der Waals surface area (Å²) in [5, 5.41) is 182.